The summed E-state index contributed by atoms with van der Waals surface area (Å²) in [5.41, 5.74) is 1.54. The van der Waals surface area contributed by atoms with Crippen LogP contribution in [-0.4, -0.2) is 52.2 Å². The van der Waals surface area contributed by atoms with Crippen molar-refractivity contribution in [1.29, 1.82) is 0 Å². The van der Waals surface area contributed by atoms with E-state index in [1.165, 1.54) is 23.3 Å². The number of benzene rings is 1. The first kappa shape index (κ1) is 25.9. The molecule has 2 fully saturated rings. The fraction of sp³-hybridized carbons (Fsp3) is 0.552. The Hall–Kier alpha value is -2.74. The van der Waals surface area contributed by atoms with Crippen LogP contribution in [0.1, 0.15) is 73.2 Å². The quantitative estimate of drug-likeness (QED) is 0.487. The van der Waals surface area contributed by atoms with Crippen LogP contribution in [0.25, 0.3) is 0 Å². The molecular formula is C29H34F3N3O2. The minimum atomic E-state index is -4.49. The second-order valence-corrected chi connectivity index (χ2v) is 10.8. The molecule has 1 saturated heterocycles. The number of hydrogen-bond donors (Lipinski definition) is 0. The molecule has 3 aliphatic rings. The molecule has 0 spiro atoms. The van der Waals surface area contributed by atoms with Gasteiger partial charge in [-0.3, -0.25) is 14.6 Å². The van der Waals surface area contributed by atoms with Crippen molar-refractivity contribution in [3.05, 3.63) is 65.0 Å². The molecule has 2 aliphatic heterocycles. The SMILES string of the molecule is O=C(CCC1CCC(N2CCC(c3ccccc3)CC2)C1)C(=O)N1CCc2ncc(C(F)(F)F)cc2C1. The summed E-state index contributed by atoms with van der Waals surface area (Å²) < 4.78 is 39.1. The molecule has 37 heavy (non-hydrogen) atoms. The van der Waals surface area contributed by atoms with E-state index in [1.54, 1.807) is 0 Å². The standard InChI is InChI=1S/C29H34F3N3O2/c30-29(31,32)24-17-23-19-35(15-12-26(23)33-18-24)28(37)27(36)9-7-20-6-8-25(16-20)34-13-10-22(11-14-34)21-4-2-1-3-5-21/h1-5,17-18,20,22,25H,6-16,19H2. The van der Waals surface area contributed by atoms with Crippen LogP contribution in [-0.2, 0) is 28.7 Å². The molecule has 5 rings (SSSR count). The fourth-order valence-corrected chi connectivity index (χ4v) is 6.34. The third-order valence-electron chi connectivity index (χ3n) is 8.50. The molecule has 1 saturated carbocycles. The van der Waals surface area contributed by atoms with Gasteiger partial charge < -0.3 is 9.80 Å². The summed E-state index contributed by atoms with van der Waals surface area (Å²) in [6.07, 6.45) is 3.26. The molecule has 0 bridgehead atoms. The molecule has 1 aromatic heterocycles. The monoisotopic (exact) mass is 513 g/mol. The number of aromatic nitrogens is 1. The lowest BCUT2D eigenvalue weighted by molar-refractivity contribution is -0.145. The number of piperidine rings is 1. The highest BCUT2D eigenvalue weighted by Crippen LogP contribution is 2.36. The van der Waals surface area contributed by atoms with Gasteiger partial charge in [-0.1, -0.05) is 30.3 Å². The lowest BCUT2D eigenvalue weighted by atomic mass is 9.88. The number of likely N-dealkylation sites (tertiary alicyclic amines) is 1. The van der Waals surface area contributed by atoms with Crippen LogP contribution in [0.4, 0.5) is 13.2 Å². The predicted octanol–water partition coefficient (Wildman–Crippen LogP) is 5.38. The van der Waals surface area contributed by atoms with Gasteiger partial charge in [-0.25, -0.2) is 0 Å². The van der Waals surface area contributed by atoms with Gasteiger partial charge >= 0.3 is 6.18 Å². The molecule has 0 N–H and O–H groups in total. The Bertz CT molecular complexity index is 1110. The van der Waals surface area contributed by atoms with E-state index in [0.717, 1.165) is 44.6 Å². The number of carbonyl (C=O) groups is 2. The van der Waals surface area contributed by atoms with Crippen molar-refractivity contribution in [2.75, 3.05) is 19.6 Å². The van der Waals surface area contributed by atoms with Crippen molar-refractivity contribution in [3.8, 4) is 0 Å². The maximum absolute atomic E-state index is 13.0. The molecule has 1 aliphatic carbocycles. The average molecular weight is 514 g/mol. The second-order valence-electron chi connectivity index (χ2n) is 10.8. The van der Waals surface area contributed by atoms with Crippen LogP contribution in [0.3, 0.4) is 0 Å². The highest BCUT2D eigenvalue weighted by molar-refractivity contribution is 6.36. The van der Waals surface area contributed by atoms with Crippen molar-refractivity contribution < 1.29 is 22.8 Å². The van der Waals surface area contributed by atoms with Gasteiger partial charge in [0.1, 0.15) is 0 Å². The number of amides is 1. The van der Waals surface area contributed by atoms with Crippen LogP contribution >= 0.6 is 0 Å². The molecule has 0 radical (unpaired) electrons. The van der Waals surface area contributed by atoms with E-state index < -0.39 is 23.4 Å². The molecule has 1 amide bonds. The second kappa shape index (κ2) is 10.9. The number of Topliss-reactive ketones (excluding diaryl/α,β-unsaturated/α-hetero) is 1. The zero-order valence-corrected chi connectivity index (χ0v) is 21.1. The van der Waals surface area contributed by atoms with E-state index in [4.69, 9.17) is 0 Å². The predicted molar refractivity (Wildman–Crippen MR) is 134 cm³/mol. The van der Waals surface area contributed by atoms with Gasteiger partial charge in [0.05, 0.1) is 5.56 Å². The number of alkyl halides is 3. The summed E-state index contributed by atoms with van der Waals surface area (Å²) in [6, 6.07) is 12.3. The van der Waals surface area contributed by atoms with Gasteiger partial charge in [-0.2, -0.15) is 13.2 Å². The largest absolute Gasteiger partial charge is 0.417 e. The number of pyridine rings is 1. The Balaban J connectivity index is 1.07. The maximum Gasteiger partial charge on any atom is 0.417 e. The number of hydrogen-bond acceptors (Lipinski definition) is 4. The third-order valence-corrected chi connectivity index (χ3v) is 8.50. The van der Waals surface area contributed by atoms with Crippen molar-refractivity contribution in [2.24, 2.45) is 5.92 Å². The number of fused-ring (bicyclic) bond motifs is 1. The minimum absolute atomic E-state index is 0.00125. The van der Waals surface area contributed by atoms with Crippen molar-refractivity contribution >= 4 is 11.7 Å². The first-order valence-corrected chi connectivity index (χ1v) is 13.4. The van der Waals surface area contributed by atoms with E-state index in [0.29, 0.717) is 48.5 Å². The smallest absolute Gasteiger partial charge is 0.331 e. The highest BCUT2D eigenvalue weighted by atomic mass is 19.4. The van der Waals surface area contributed by atoms with E-state index in [1.807, 2.05) is 0 Å². The van der Waals surface area contributed by atoms with Crippen LogP contribution in [0.5, 0.6) is 0 Å². The first-order valence-electron chi connectivity index (χ1n) is 13.4. The lowest BCUT2D eigenvalue weighted by Gasteiger charge is -2.36. The maximum atomic E-state index is 13.0. The Morgan fingerprint density at radius 3 is 2.49 bits per heavy atom. The van der Waals surface area contributed by atoms with Crippen LogP contribution in [0, 0.1) is 5.92 Å². The van der Waals surface area contributed by atoms with Gasteiger partial charge in [0.15, 0.2) is 0 Å². The topological polar surface area (TPSA) is 53.5 Å². The van der Waals surface area contributed by atoms with E-state index in [-0.39, 0.29) is 13.0 Å². The minimum Gasteiger partial charge on any atom is -0.331 e. The molecule has 5 nitrogen and oxygen atoms in total. The van der Waals surface area contributed by atoms with Crippen molar-refractivity contribution in [1.82, 2.24) is 14.8 Å². The fourth-order valence-electron chi connectivity index (χ4n) is 6.34. The Labute approximate surface area is 216 Å². The normalized spacial score (nSPS) is 23.2. The van der Waals surface area contributed by atoms with Crippen molar-refractivity contribution in [3.63, 3.8) is 0 Å². The van der Waals surface area contributed by atoms with Gasteiger partial charge in [-0.05, 0) is 80.6 Å². The zero-order valence-electron chi connectivity index (χ0n) is 21.1. The number of nitrogens with zero attached hydrogens (tertiary/aromatic N) is 3. The summed E-state index contributed by atoms with van der Waals surface area (Å²) in [7, 11) is 0. The molecule has 2 aromatic rings. The van der Waals surface area contributed by atoms with Gasteiger partial charge in [0, 0.05) is 43.9 Å². The highest BCUT2D eigenvalue weighted by Gasteiger charge is 2.35. The van der Waals surface area contributed by atoms with E-state index >= 15 is 0 Å². The summed E-state index contributed by atoms with van der Waals surface area (Å²) in [4.78, 5) is 33.4. The number of ketones is 1. The van der Waals surface area contributed by atoms with E-state index in [2.05, 4.69) is 40.2 Å². The Kier molecular flexibility index (Phi) is 7.65. The molecule has 1 aromatic carbocycles. The Morgan fingerprint density at radius 1 is 1.00 bits per heavy atom. The van der Waals surface area contributed by atoms with Crippen LogP contribution in [0.2, 0.25) is 0 Å². The molecule has 2 atom stereocenters. The van der Waals surface area contributed by atoms with Crippen LogP contribution in [0.15, 0.2) is 42.6 Å². The summed E-state index contributed by atoms with van der Waals surface area (Å²) in [5, 5.41) is 0. The van der Waals surface area contributed by atoms with Crippen LogP contribution < -0.4 is 0 Å². The summed E-state index contributed by atoms with van der Waals surface area (Å²) >= 11 is 0. The first-order chi connectivity index (χ1) is 17.8. The number of carbonyl (C=O) groups excluding carboxylic acids is 2. The summed E-state index contributed by atoms with van der Waals surface area (Å²) in [5.74, 6) is 0.0567. The van der Waals surface area contributed by atoms with Gasteiger partial charge in [0.2, 0.25) is 5.78 Å². The molecule has 2 unspecified atom stereocenters. The average Bonchev–Trinajstić information content (AvgIpc) is 3.40. The molecule has 198 valence electrons. The zero-order chi connectivity index (χ0) is 26.0. The summed E-state index contributed by atoms with van der Waals surface area (Å²) in [6.45, 7) is 2.52. The third kappa shape index (κ3) is 6.06. The van der Waals surface area contributed by atoms with Crippen molar-refractivity contribution in [2.45, 2.75) is 76.0 Å². The van der Waals surface area contributed by atoms with Gasteiger partial charge in [-0.15, -0.1) is 0 Å². The molecule has 8 heteroatoms. The lowest BCUT2D eigenvalue weighted by Crippen LogP contribution is -2.40. The molecular weight excluding hydrogens is 479 g/mol. The molecule has 3 heterocycles. The van der Waals surface area contributed by atoms with E-state index in [9.17, 15) is 22.8 Å². The Morgan fingerprint density at radius 2 is 1.76 bits per heavy atom. The van der Waals surface area contributed by atoms with Gasteiger partial charge in [0.25, 0.3) is 5.91 Å². The number of halogens is 3. The number of rotatable bonds is 6.